The van der Waals surface area contributed by atoms with E-state index in [9.17, 15) is 4.79 Å². The Hall–Kier alpha value is -1.15. The number of Topliss-reactive ketones (excluding diaryl/α,β-unsaturated/α-hetero) is 1. The average molecular weight is 245 g/mol. The lowest BCUT2D eigenvalue weighted by Crippen LogP contribution is -2.52. The summed E-state index contributed by atoms with van der Waals surface area (Å²) < 4.78 is 0. The van der Waals surface area contributed by atoms with Gasteiger partial charge in [-0.05, 0) is 37.3 Å². The van der Waals surface area contributed by atoms with E-state index in [4.69, 9.17) is 5.73 Å². The van der Waals surface area contributed by atoms with E-state index in [1.807, 2.05) is 33.8 Å². The molecule has 2 N–H and O–H groups in total. The first kappa shape index (κ1) is 13.3. The summed E-state index contributed by atoms with van der Waals surface area (Å²) in [6.07, 6.45) is 1.65. The zero-order valence-corrected chi connectivity index (χ0v) is 11.8. The molecule has 0 fully saturated rings. The summed E-state index contributed by atoms with van der Waals surface area (Å²) >= 11 is 0. The minimum Gasteiger partial charge on any atom is -0.325 e. The lowest BCUT2D eigenvalue weighted by atomic mass is 9.67. The number of hydrogen-bond donors (Lipinski definition) is 1. The van der Waals surface area contributed by atoms with Crippen LogP contribution >= 0.6 is 0 Å². The summed E-state index contributed by atoms with van der Waals surface area (Å²) in [4.78, 5) is 12.4. The van der Waals surface area contributed by atoms with Crippen LogP contribution in [0.1, 0.15) is 51.2 Å². The van der Waals surface area contributed by atoms with Crippen LogP contribution in [0.3, 0.4) is 0 Å². The minimum absolute atomic E-state index is 0.273. The molecule has 0 radical (unpaired) electrons. The Balaban J connectivity index is 2.07. The molecular formula is C16H23NO. The third-order valence-corrected chi connectivity index (χ3v) is 4.70. The lowest BCUT2D eigenvalue weighted by Gasteiger charge is -2.39. The van der Waals surface area contributed by atoms with Gasteiger partial charge in [-0.3, -0.25) is 4.79 Å². The fraction of sp³-hybridized carbons (Fsp3) is 0.562. The molecule has 0 spiro atoms. The highest BCUT2D eigenvalue weighted by atomic mass is 16.1. The smallest absolute Gasteiger partial charge is 0.140 e. The number of fused-ring (bicyclic) bond motifs is 1. The molecule has 2 nitrogen and oxygen atoms in total. The highest BCUT2D eigenvalue weighted by Crippen LogP contribution is 2.40. The molecule has 0 heterocycles. The quantitative estimate of drug-likeness (QED) is 0.886. The lowest BCUT2D eigenvalue weighted by molar-refractivity contribution is -0.130. The van der Waals surface area contributed by atoms with Gasteiger partial charge in [0.2, 0.25) is 0 Å². The van der Waals surface area contributed by atoms with E-state index in [0.29, 0.717) is 12.3 Å². The summed E-state index contributed by atoms with van der Waals surface area (Å²) in [6, 6.07) is 8.39. The van der Waals surface area contributed by atoms with Crippen molar-refractivity contribution < 1.29 is 4.79 Å². The molecule has 2 heteroatoms. The first-order chi connectivity index (χ1) is 8.23. The summed E-state index contributed by atoms with van der Waals surface area (Å²) in [5.41, 5.74) is 7.90. The zero-order chi connectivity index (χ0) is 13.6. The van der Waals surface area contributed by atoms with Crippen molar-refractivity contribution in [2.24, 2.45) is 11.1 Å². The number of carbonyl (C=O) groups is 1. The fourth-order valence-electron chi connectivity index (χ4n) is 2.38. The molecule has 0 saturated carbocycles. The maximum Gasteiger partial charge on any atom is 0.140 e. The molecule has 0 aromatic heterocycles. The molecule has 1 aliphatic carbocycles. The number of ketones is 1. The van der Waals surface area contributed by atoms with Gasteiger partial charge in [-0.1, -0.05) is 38.1 Å². The monoisotopic (exact) mass is 245 g/mol. The zero-order valence-electron chi connectivity index (χ0n) is 11.8. The number of carbonyl (C=O) groups excluding carboxylic acids is 1. The van der Waals surface area contributed by atoms with E-state index >= 15 is 0 Å². The summed E-state index contributed by atoms with van der Waals surface area (Å²) in [7, 11) is 0. The molecule has 1 unspecified atom stereocenters. The van der Waals surface area contributed by atoms with Crippen molar-refractivity contribution in [2.75, 3.05) is 0 Å². The number of benzene rings is 1. The first-order valence-corrected chi connectivity index (χ1v) is 6.63. The van der Waals surface area contributed by atoms with Crippen LogP contribution in [-0.4, -0.2) is 11.3 Å². The second kappa shape index (κ2) is 4.20. The Morgan fingerprint density at radius 2 is 1.89 bits per heavy atom. The largest absolute Gasteiger partial charge is 0.325 e. The molecule has 1 aliphatic rings. The predicted octanol–water partition coefficient (Wildman–Crippen LogP) is 3.05. The Morgan fingerprint density at radius 1 is 1.28 bits per heavy atom. The average Bonchev–Trinajstić information content (AvgIpc) is 2.24. The molecule has 98 valence electrons. The van der Waals surface area contributed by atoms with E-state index in [0.717, 1.165) is 6.42 Å². The van der Waals surface area contributed by atoms with Crippen molar-refractivity contribution in [1.82, 2.24) is 0 Å². The molecule has 1 atom stereocenters. The molecule has 0 aliphatic heterocycles. The number of hydrogen-bond acceptors (Lipinski definition) is 2. The van der Waals surface area contributed by atoms with Gasteiger partial charge in [-0.25, -0.2) is 0 Å². The molecule has 1 aromatic rings. The summed E-state index contributed by atoms with van der Waals surface area (Å²) in [5, 5.41) is 0. The van der Waals surface area contributed by atoms with Gasteiger partial charge >= 0.3 is 0 Å². The number of rotatable bonds is 4. The van der Waals surface area contributed by atoms with Crippen molar-refractivity contribution in [3.8, 4) is 0 Å². The first-order valence-electron chi connectivity index (χ1n) is 6.63. The number of nitrogens with two attached hydrogens (primary N) is 1. The van der Waals surface area contributed by atoms with E-state index < -0.39 is 11.0 Å². The molecule has 18 heavy (non-hydrogen) atoms. The van der Waals surface area contributed by atoms with E-state index in [-0.39, 0.29) is 5.78 Å². The highest BCUT2D eigenvalue weighted by molar-refractivity contribution is 5.86. The van der Waals surface area contributed by atoms with Gasteiger partial charge in [-0.2, -0.15) is 0 Å². The summed E-state index contributed by atoms with van der Waals surface area (Å²) in [6.45, 7) is 7.78. The van der Waals surface area contributed by atoms with Gasteiger partial charge in [0.25, 0.3) is 0 Å². The molecule has 0 bridgehead atoms. The van der Waals surface area contributed by atoms with Crippen molar-refractivity contribution in [3.63, 3.8) is 0 Å². The van der Waals surface area contributed by atoms with Crippen LogP contribution in [0.4, 0.5) is 0 Å². The van der Waals surface area contributed by atoms with Crippen molar-refractivity contribution in [2.45, 2.75) is 52.0 Å². The highest BCUT2D eigenvalue weighted by Gasteiger charge is 2.41. The SMILES string of the molecule is CC(C)(N)C(C)(C)C(=O)CC1Cc2ccccc21. The Morgan fingerprint density at radius 3 is 2.44 bits per heavy atom. The van der Waals surface area contributed by atoms with Crippen LogP contribution in [0.25, 0.3) is 0 Å². The Bertz CT molecular complexity index is 468. The molecule has 0 amide bonds. The maximum absolute atomic E-state index is 12.4. The summed E-state index contributed by atoms with van der Waals surface area (Å²) in [5.74, 6) is 0.671. The Kier molecular flexibility index (Phi) is 3.10. The van der Waals surface area contributed by atoms with Gasteiger partial charge < -0.3 is 5.73 Å². The van der Waals surface area contributed by atoms with Crippen molar-refractivity contribution >= 4 is 5.78 Å². The van der Waals surface area contributed by atoms with Gasteiger partial charge in [-0.15, -0.1) is 0 Å². The topological polar surface area (TPSA) is 43.1 Å². The van der Waals surface area contributed by atoms with Crippen molar-refractivity contribution in [3.05, 3.63) is 35.4 Å². The molecule has 0 saturated heterocycles. The van der Waals surface area contributed by atoms with Crippen LogP contribution < -0.4 is 5.73 Å². The third kappa shape index (κ3) is 2.10. The Labute approximate surface area is 110 Å². The van der Waals surface area contributed by atoms with E-state index in [1.165, 1.54) is 11.1 Å². The van der Waals surface area contributed by atoms with E-state index in [1.54, 1.807) is 0 Å². The van der Waals surface area contributed by atoms with Gasteiger partial charge in [0, 0.05) is 17.4 Å². The maximum atomic E-state index is 12.4. The van der Waals surface area contributed by atoms with Gasteiger partial charge in [0.1, 0.15) is 5.78 Å². The third-order valence-electron chi connectivity index (χ3n) is 4.70. The van der Waals surface area contributed by atoms with Crippen LogP contribution in [0, 0.1) is 5.41 Å². The van der Waals surface area contributed by atoms with Gasteiger partial charge in [0.15, 0.2) is 0 Å². The normalized spacial score (nSPS) is 19.1. The van der Waals surface area contributed by atoms with Crippen LogP contribution in [-0.2, 0) is 11.2 Å². The second-order valence-corrected chi connectivity index (χ2v) is 6.57. The molecule has 1 aromatic carbocycles. The molecular weight excluding hydrogens is 222 g/mol. The fourth-order valence-corrected chi connectivity index (χ4v) is 2.38. The van der Waals surface area contributed by atoms with Gasteiger partial charge in [0.05, 0.1) is 0 Å². The standard InChI is InChI=1S/C16H23NO/c1-15(2,16(3,4)17)14(18)10-12-9-11-7-5-6-8-13(11)12/h5-8,12H,9-10,17H2,1-4H3. The van der Waals surface area contributed by atoms with Crippen LogP contribution in [0.5, 0.6) is 0 Å². The van der Waals surface area contributed by atoms with E-state index in [2.05, 4.69) is 18.2 Å². The predicted molar refractivity (Wildman–Crippen MR) is 74.6 cm³/mol. The minimum atomic E-state index is -0.479. The van der Waals surface area contributed by atoms with Crippen LogP contribution in [0.15, 0.2) is 24.3 Å². The second-order valence-electron chi connectivity index (χ2n) is 6.57. The van der Waals surface area contributed by atoms with Crippen LogP contribution in [0.2, 0.25) is 0 Å². The van der Waals surface area contributed by atoms with Crippen molar-refractivity contribution in [1.29, 1.82) is 0 Å². The molecule has 2 rings (SSSR count).